The molecule has 0 bridgehead atoms. The van der Waals surface area contributed by atoms with Gasteiger partial charge in [0.1, 0.15) is 5.69 Å². The minimum atomic E-state index is -4.68. The van der Waals surface area contributed by atoms with E-state index in [0.29, 0.717) is 6.07 Å². The summed E-state index contributed by atoms with van der Waals surface area (Å²) in [5.41, 5.74) is -1.22. The fourth-order valence-electron chi connectivity index (χ4n) is 1.89. The SMILES string of the molecule is O=C(O)Cc1ccc(C(F)(F)F)nc1-c1cc(Cl)c(Cl)cc1Cl. The molecule has 0 aliphatic heterocycles. The molecule has 0 spiro atoms. The number of halogens is 6. The lowest BCUT2D eigenvalue weighted by atomic mass is 10.0. The monoisotopic (exact) mass is 383 g/mol. The van der Waals surface area contributed by atoms with Gasteiger partial charge in [-0.2, -0.15) is 13.2 Å². The fourth-order valence-corrected chi connectivity index (χ4v) is 2.53. The number of nitrogens with zero attached hydrogens (tertiary/aromatic N) is 1. The van der Waals surface area contributed by atoms with E-state index in [-0.39, 0.29) is 31.9 Å². The third kappa shape index (κ3) is 4.07. The summed E-state index contributed by atoms with van der Waals surface area (Å²) in [7, 11) is 0. The Morgan fingerprint density at radius 2 is 1.70 bits per heavy atom. The zero-order valence-electron chi connectivity index (χ0n) is 11.1. The second-order valence-electron chi connectivity index (χ2n) is 4.52. The van der Waals surface area contributed by atoms with Crippen molar-refractivity contribution in [2.24, 2.45) is 0 Å². The summed E-state index contributed by atoms with van der Waals surface area (Å²) >= 11 is 17.7. The lowest BCUT2D eigenvalue weighted by Gasteiger charge is -2.13. The Kier molecular flexibility index (Phi) is 5.08. The number of aromatic nitrogens is 1. The first-order valence-corrected chi connectivity index (χ1v) is 7.17. The van der Waals surface area contributed by atoms with Crippen LogP contribution in [-0.4, -0.2) is 16.1 Å². The number of alkyl halides is 3. The van der Waals surface area contributed by atoms with Crippen LogP contribution in [0, 0.1) is 0 Å². The van der Waals surface area contributed by atoms with Gasteiger partial charge in [-0.1, -0.05) is 40.9 Å². The molecule has 1 N–H and O–H groups in total. The molecule has 0 atom stereocenters. The normalized spacial score (nSPS) is 11.6. The van der Waals surface area contributed by atoms with Crippen molar-refractivity contribution >= 4 is 40.8 Å². The van der Waals surface area contributed by atoms with Crippen LogP contribution in [0.15, 0.2) is 24.3 Å². The van der Waals surface area contributed by atoms with Crippen molar-refractivity contribution in [3.8, 4) is 11.3 Å². The third-order valence-electron chi connectivity index (χ3n) is 2.88. The summed E-state index contributed by atoms with van der Waals surface area (Å²) in [6.07, 6.45) is -5.20. The molecule has 2 aromatic rings. The van der Waals surface area contributed by atoms with Crippen LogP contribution in [0.2, 0.25) is 15.1 Å². The molecule has 0 saturated carbocycles. The van der Waals surface area contributed by atoms with Crippen LogP contribution < -0.4 is 0 Å². The molecule has 0 aliphatic rings. The molecule has 0 unspecified atom stereocenters. The maximum Gasteiger partial charge on any atom is 0.433 e. The lowest BCUT2D eigenvalue weighted by molar-refractivity contribution is -0.141. The maximum atomic E-state index is 12.9. The highest BCUT2D eigenvalue weighted by Gasteiger charge is 2.33. The van der Waals surface area contributed by atoms with Crippen LogP contribution in [0.5, 0.6) is 0 Å². The Morgan fingerprint density at radius 1 is 1.09 bits per heavy atom. The van der Waals surface area contributed by atoms with Crippen molar-refractivity contribution in [1.29, 1.82) is 0 Å². The first kappa shape index (κ1) is 17.8. The van der Waals surface area contributed by atoms with Gasteiger partial charge in [0, 0.05) is 5.56 Å². The van der Waals surface area contributed by atoms with E-state index < -0.39 is 24.3 Å². The van der Waals surface area contributed by atoms with Crippen molar-refractivity contribution in [3.63, 3.8) is 0 Å². The van der Waals surface area contributed by atoms with E-state index in [0.717, 1.165) is 6.07 Å². The highest BCUT2D eigenvalue weighted by atomic mass is 35.5. The van der Waals surface area contributed by atoms with Crippen molar-refractivity contribution in [3.05, 3.63) is 50.6 Å². The van der Waals surface area contributed by atoms with E-state index in [1.54, 1.807) is 0 Å². The maximum absolute atomic E-state index is 12.9. The second-order valence-corrected chi connectivity index (χ2v) is 5.74. The topological polar surface area (TPSA) is 50.2 Å². The Morgan fingerprint density at radius 3 is 2.26 bits per heavy atom. The van der Waals surface area contributed by atoms with Gasteiger partial charge in [0.15, 0.2) is 0 Å². The van der Waals surface area contributed by atoms with Gasteiger partial charge in [0.25, 0.3) is 0 Å². The molecular weight excluding hydrogens is 378 g/mol. The molecule has 3 nitrogen and oxygen atoms in total. The van der Waals surface area contributed by atoms with E-state index in [9.17, 15) is 18.0 Å². The number of hydrogen-bond donors (Lipinski definition) is 1. The van der Waals surface area contributed by atoms with Gasteiger partial charge in [-0.25, -0.2) is 4.98 Å². The predicted octanol–water partition coefficient (Wildman–Crippen LogP) is 5.35. The number of carboxylic acids is 1. The first-order chi connectivity index (χ1) is 10.6. The molecule has 0 amide bonds. The summed E-state index contributed by atoms with van der Waals surface area (Å²) in [6, 6.07) is 4.28. The molecular formula is C14H7Cl3F3NO2. The summed E-state index contributed by atoms with van der Waals surface area (Å²) < 4.78 is 38.6. The van der Waals surface area contributed by atoms with Gasteiger partial charge in [0.05, 0.1) is 27.2 Å². The minimum absolute atomic E-state index is 0.0119. The highest BCUT2D eigenvalue weighted by molar-refractivity contribution is 6.44. The summed E-state index contributed by atoms with van der Waals surface area (Å²) in [4.78, 5) is 14.4. The van der Waals surface area contributed by atoms with Crippen LogP contribution in [0.1, 0.15) is 11.3 Å². The third-order valence-corrected chi connectivity index (χ3v) is 3.91. The highest BCUT2D eigenvalue weighted by Crippen LogP contribution is 2.37. The average molecular weight is 385 g/mol. The molecule has 1 aromatic heterocycles. The number of carbonyl (C=O) groups is 1. The lowest BCUT2D eigenvalue weighted by Crippen LogP contribution is -2.11. The number of rotatable bonds is 3. The molecule has 0 fully saturated rings. The van der Waals surface area contributed by atoms with Gasteiger partial charge in [0.2, 0.25) is 0 Å². The van der Waals surface area contributed by atoms with E-state index in [4.69, 9.17) is 39.9 Å². The van der Waals surface area contributed by atoms with Gasteiger partial charge >= 0.3 is 12.1 Å². The fraction of sp³-hybridized carbons (Fsp3) is 0.143. The minimum Gasteiger partial charge on any atom is -0.481 e. The van der Waals surface area contributed by atoms with Crippen LogP contribution in [0.25, 0.3) is 11.3 Å². The smallest absolute Gasteiger partial charge is 0.433 e. The molecule has 0 radical (unpaired) electrons. The number of carboxylic acid groups (broad SMARTS) is 1. The zero-order valence-corrected chi connectivity index (χ0v) is 13.4. The molecule has 2 rings (SSSR count). The Balaban J connectivity index is 2.71. The van der Waals surface area contributed by atoms with Crippen molar-refractivity contribution < 1.29 is 23.1 Å². The molecule has 23 heavy (non-hydrogen) atoms. The number of pyridine rings is 1. The molecule has 0 aliphatic carbocycles. The molecule has 1 heterocycles. The number of benzene rings is 1. The van der Waals surface area contributed by atoms with E-state index in [2.05, 4.69) is 4.98 Å². The van der Waals surface area contributed by atoms with Crippen LogP contribution in [0.4, 0.5) is 13.2 Å². The quantitative estimate of drug-likeness (QED) is 0.725. The van der Waals surface area contributed by atoms with Crippen molar-refractivity contribution in [2.45, 2.75) is 12.6 Å². The molecule has 122 valence electrons. The van der Waals surface area contributed by atoms with Gasteiger partial charge in [-0.15, -0.1) is 0 Å². The van der Waals surface area contributed by atoms with Crippen molar-refractivity contribution in [2.75, 3.05) is 0 Å². The van der Waals surface area contributed by atoms with Crippen LogP contribution >= 0.6 is 34.8 Å². The second kappa shape index (κ2) is 6.55. The molecule has 9 heteroatoms. The average Bonchev–Trinajstić information content (AvgIpc) is 2.41. The standard InChI is InChI=1S/C14H7Cl3F3NO2/c15-8-5-10(17)9(16)4-7(8)13-6(3-12(22)23)1-2-11(21-13)14(18,19)20/h1-2,4-5H,3H2,(H,22,23). The van der Waals surface area contributed by atoms with Crippen LogP contribution in [0.3, 0.4) is 0 Å². The first-order valence-electron chi connectivity index (χ1n) is 6.03. The Labute approximate surface area is 143 Å². The van der Waals surface area contributed by atoms with Crippen LogP contribution in [-0.2, 0) is 17.4 Å². The summed E-state index contributed by atoms with van der Waals surface area (Å²) in [5.74, 6) is -1.22. The number of hydrogen-bond acceptors (Lipinski definition) is 2. The zero-order chi connectivity index (χ0) is 17.4. The summed E-state index contributed by atoms with van der Waals surface area (Å²) in [5, 5.41) is 9.10. The van der Waals surface area contributed by atoms with Crippen molar-refractivity contribution in [1.82, 2.24) is 4.98 Å². The van der Waals surface area contributed by atoms with Gasteiger partial charge in [-0.3, -0.25) is 4.79 Å². The number of aliphatic carboxylic acids is 1. The predicted molar refractivity (Wildman–Crippen MR) is 81.0 cm³/mol. The molecule has 1 aromatic carbocycles. The van der Waals surface area contributed by atoms with E-state index in [1.165, 1.54) is 12.1 Å². The van der Waals surface area contributed by atoms with E-state index >= 15 is 0 Å². The van der Waals surface area contributed by atoms with Gasteiger partial charge < -0.3 is 5.11 Å². The Hall–Kier alpha value is -1.50. The van der Waals surface area contributed by atoms with E-state index in [1.807, 2.05) is 0 Å². The Bertz CT molecular complexity index is 779. The largest absolute Gasteiger partial charge is 0.481 e. The summed E-state index contributed by atoms with van der Waals surface area (Å²) in [6.45, 7) is 0. The van der Waals surface area contributed by atoms with Gasteiger partial charge in [-0.05, 0) is 23.8 Å². The molecule has 0 saturated heterocycles.